The first kappa shape index (κ1) is 11.4. The van der Waals surface area contributed by atoms with E-state index in [1.807, 2.05) is 0 Å². The van der Waals surface area contributed by atoms with Crippen molar-refractivity contribution in [1.29, 1.82) is 0 Å². The van der Waals surface area contributed by atoms with Gasteiger partial charge in [0.1, 0.15) is 0 Å². The highest BCUT2D eigenvalue weighted by Crippen LogP contribution is 2.36. The Labute approximate surface area is 93.5 Å². The van der Waals surface area contributed by atoms with Gasteiger partial charge in [-0.1, -0.05) is 19.8 Å². The number of piperidine rings is 1. The van der Waals surface area contributed by atoms with E-state index in [1.54, 1.807) is 0 Å². The summed E-state index contributed by atoms with van der Waals surface area (Å²) in [7, 11) is 0. The van der Waals surface area contributed by atoms with Crippen LogP contribution in [0.5, 0.6) is 0 Å². The van der Waals surface area contributed by atoms with Crippen molar-refractivity contribution in [3.63, 3.8) is 0 Å². The van der Waals surface area contributed by atoms with Gasteiger partial charge >= 0.3 is 0 Å². The lowest BCUT2D eigenvalue weighted by atomic mass is 9.72. The molecule has 0 aromatic heterocycles. The van der Waals surface area contributed by atoms with Gasteiger partial charge in [-0.3, -0.25) is 0 Å². The van der Waals surface area contributed by atoms with Crippen molar-refractivity contribution < 1.29 is 5.11 Å². The number of rotatable bonds is 2. The second-order valence-electron chi connectivity index (χ2n) is 5.72. The molecule has 2 rings (SSSR count). The standard InChI is InChI=1S/C13H25NO/c1-10-2-4-12(5-3-10)13-6-11(9-15)7-14-8-13/h10-15H,2-9H2,1H3. The first-order valence-corrected chi connectivity index (χ1v) is 6.61. The molecular weight excluding hydrogens is 186 g/mol. The van der Waals surface area contributed by atoms with E-state index in [9.17, 15) is 5.11 Å². The summed E-state index contributed by atoms with van der Waals surface area (Å²) in [5.74, 6) is 3.24. The molecule has 2 nitrogen and oxygen atoms in total. The van der Waals surface area contributed by atoms with Gasteiger partial charge in [-0.25, -0.2) is 0 Å². The van der Waals surface area contributed by atoms with Crippen molar-refractivity contribution in [2.24, 2.45) is 23.7 Å². The summed E-state index contributed by atoms with van der Waals surface area (Å²) >= 11 is 0. The van der Waals surface area contributed by atoms with Crippen molar-refractivity contribution in [3.8, 4) is 0 Å². The number of aliphatic hydroxyl groups excluding tert-OH is 1. The maximum atomic E-state index is 9.21. The molecular formula is C13H25NO. The Morgan fingerprint density at radius 1 is 1.07 bits per heavy atom. The minimum absolute atomic E-state index is 0.368. The van der Waals surface area contributed by atoms with Gasteiger partial charge in [0.2, 0.25) is 0 Å². The van der Waals surface area contributed by atoms with Crippen LogP contribution < -0.4 is 5.32 Å². The first-order valence-electron chi connectivity index (χ1n) is 6.61. The first-order chi connectivity index (χ1) is 7.29. The minimum atomic E-state index is 0.368. The molecule has 0 amide bonds. The zero-order valence-electron chi connectivity index (χ0n) is 9.91. The smallest absolute Gasteiger partial charge is 0.0471 e. The van der Waals surface area contributed by atoms with Crippen LogP contribution in [0.15, 0.2) is 0 Å². The third-order valence-electron chi connectivity index (χ3n) is 4.46. The molecule has 1 saturated heterocycles. The predicted molar refractivity (Wildman–Crippen MR) is 62.7 cm³/mol. The monoisotopic (exact) mass is 211 g/mol. The van der Waals surface area contributed by atoms with Crippen LogP contribution in [0.4, 0.5) is 0 Å². The Balaban J connectivity index is 1.82. The topological polar surface area (TPSA) is 32.3 Å². The van der Waals surface area contributed by atoms with Crippen LogP contribution in [0.25, 0.3) is 0 Å². The average Bonchev–Trinajstić information content (AvgIpc) is 2.30. The fraction of sp³-hybridized carbons (Fsp3) is 1.00. The molecule has 2 heteroatoms. The van der Waals surface area contributed by atoms with Crippen molar-refractivity contribution in [1.82, 2.24) is 5.32 Å². The van der Waals surface area contributed by atoms with Crippen LogP contribution in [0, 0.1) is 23.7 Å². The average molecular weight is 211 g/mol. The third kappa shape index (κ3) is 2.94. The summed E-state index contributed by atoms with van der Waals surface area (Å²) in [6.45, 7) is 4.96. The highest BCUT2D eigenvalue weighted by molar-refractivity contribution is 4.83. The van der Waals surface area contributed by atoms with Gasteiger partial charge in [-0.05, 0) is 49.5 Å². The number of aliphatic hydroxyl groups is 1. The van der Waals surface area contributed by atoms with Crippen LogP contribution in [0.2, 0.25) is 0 Å². The zero-order valence-corrected chi connectivity index (χ0v) is 9.91. The molecule has 1 aliphatic heterocycles. The summed E-state index contributed by atoms with van der Waals surface area (Å²) in [6.07, 6.45) is 6.94. The van der Waals surface area contributed by atoms with Crippen LogP contribution in [-0.4, -0.2) is 24.8 Å². The van der Waals surface area contributed by atoms with E-state index >= 15 is 0 Å². The van der Waals surface area contributed by atoms with E-state index in [-0.39, 0.29) is 0 Å². The fourth-order valence-electron chi connectivity index (χ4n) is 3.32. The minimum Gasteiger partial charge on any atom is -0.396 e. The van der Waals surface area contributed by atoms with E-state index in [0.717, 1.165) is 24.3 Å². The van der Waals surface area contributed by atoms with Gasteiger partial charge in [-0.15, -0.1) is 0 Å². The second-order valence-corrected chi connectivity index (χ2v) is 5.72. The van der Waals surface area contributed by atoms with E-state index in [2.05, 4.69) is 12.2 Å². The summed E-state index contributed by atoms with van der Waals surface area (Å²) in [6, 6.07) is 0. The van der Waals surface area contributed by atoms with Crippen LogP contribution in [0.1, 0.15) is 39.0 Å². The van der Waals surface area contributed by atoms with Crippen molar-refractivity contribution in [3.05, 3.63) is 0 Å². The van der Waals surface area contributed by atoms with Gasteiger partial charge in [-0.2, -0.15) is 0 Å². The second kappa shape index (κ2) is 5.31. The normalized spacial score (nSPS) is 42.8. The van der Waals surface area contributed by atoms with Crippen molar-refractivity contribution >= 4 is 0 Å². The van der Waals surface area contributed by atoms with E-state index in [4.69, 9.17) is 0 Å². The highest BCUT2D eigenvalue weighted by Gasteiger charge is 2.30. The number of hydrogen-bond acceptors (Lipinski definition) is 2. The lowest BCUT2D eigenvalue weighted by Crippen LogP contribution is -2.41. The molecule has 15 heavy (non-hydrogen) atoms. The molecule has 2 fully saturated rings. The SMILES string of the molecule is CC1CCC(C2CNCC(CO)C2)CC1. The molecule has 2 N–H and O–H groups in total. The molecule has 0 aromatic rings. The lowest BCUT2D eigenvalue weighted by Gasteiger charge is -2.37. The molecule has 88 valence electrons. The van der Waals surface area contributed by atoms with E-state index < -0.39 is 0 Å². The Hall–Kier alpha value is -0.0800. The Morgan fingerprint density at radius 2 is 1.80 bits per heavy atom. The van der Waals surface area contributed by atoms with Crippen LogP contribution in [-0.2, 0) is 0 Å². The molecule has 1 aliphatic carbocycles. The zero-order chi connectivity index (χ0) is 10.7. The van der Waals surface area contributed by atoms with Crippen molar-refractivity contribution in [2.45, 2.75) is 39.0 Å². The lowest BCUT2D eigenvalue weighted by molar-refractivity contribution is 0.120. The number of nitrogens with one attached hydrogen (secondary N) is 1. The van der Waals surface area contributed by atoms with Gasteiger partial charge < -0.3 is 10.4 Å². The predicted octanol–water partition coefficient (Wildman–Crippen LogP) is 2.03. The maximum Gasteiger partial charge on any atom is 0.0471 e. The van der Waals surface area contributed by atoms with Crippen molar-refractivity contribution in [2.75, 3.05) is 19.7 Å². The molecule has 0 spiro atoms. The quantitative estimate of drug-likeness (QED) is 0.732. The molecule has 0 bridgehead atoms. The molecule has 2 unspecified atom stereocenters. The van der Waals surface area contributed by atoms with Gasteiger partial charge in [0.05, 0.1) is 0 Å². The Morgan fingerprint density at radius 3 is 2.47 bits per heavy atom. The van der Waals surface area contributed by atoms with Gasteiger partial charge in [0.25, 0.3) is 0 Å². The number of hydrogen-bond donors (Lipinski definition) is 2. The van der Waals surface area contributed by atoms with Crippen LogP contribution in [0.3, 0.4) is 0 Å². The molecule has 1 heterocycles. The molecule has 0 radical (unpaired) electrons. The Kier molecular flexibility index (Phi) is 4.04. The van der Waals surface area contributed by atoms with Gasteiger partial charge in [0.15, 0.2) is 0 Å². The van der Waals surface area contributed by atoms with Gasteiger partial charge in [0, 0.05) is 13.2 Å². The molecule has 0 aromatic carbocycles. The summed E-state index contributed by atoms with van der Waals surface area (Å²) in [4.78, 5) is 0. The Bertz CT molecular complexity index is 187. The van der Waals surface area contributed by atoms with E-state index in [0.29, 0.717) is 12.5 Å². The molecule has 1 saturated carbocycles. The summed E-state index contributed by atoms with van der Waals surface area (Å²) < 4.78 is 0. The molecule has 2 aliphatic rings. The summed E-state index contributed by atoms with van der Waals surface area (Å²) in [5.41, 5.74) is 0. The van der Waals surface area contributed by atoms with E-state index in [1.165, 1.54) is 38.6 Å². The highest BCUT2D eigenvalue weighted by atomic mass is 16.3. The largest absolute Gasteiger partial charge is 0.396 e. The van der Waals surface area contributed by atoms with Crippen LogP contribution >= 0.6 is 0 Å². The third-order valence-corrected chi connectivity index (χ3v) is 4.46. The maximum absolute atomic E-state index is 9.21. The molecule has 2 atom stereocenters. The summed E-state index contributed by atoms with van der Waals surface area (Å²) in [5, 5.41) is 12.7. The fourth-order valence-corrected chi connectivity index (χ4v) is 3.32.